The predicted molar refractivity (Wildman–Crippen MR) is 97.1 cm³/mol. The Morgan fingerprint density at radius 2 is 2.04 bits per heavy atom. The SMILES string of the molecule is Cc1ccc2c(CSc3nnc(C4CC4)n3C3CC3)cc(=O)oc2c1. The summed E-state index contributed by atoms with van der Waals surface area (Å²) < 4.78 is 7.70. The van der Waals surface area contributed by atoms with Gasteiger partial charge < -0.3 is 8.98 Å². The van der Waals surface area contributed by atoms with E-state index in [0.717, 1.165) is 27.5 Å². The van der Waals surface area contributed by atoms with Gasteiger partial charge in [-0.3, -0.25) is 0 Å². The van der Waals surface area contributed by atoms with Crippen LogP contribution in [0.4, 0.5) is 0 Å². The summed E-state index contributed by atoms with van der Waals surface area (Å²) in [7, 11) is 0. The lowest BCUT2D eigenvalue weighted by molar-refractivity contribution is 0.559. The van der Waals surface area contributed by atoms with Crippen LogP contribution < -0.4 is 5.63 Å². The number of aryl methyl sites for hydroxylation is 1. The van der Waals surface area contributed by atoms with Crippen molar-refractivity contribution in [1.82, 2.24) is 14.8 Å². The second-order valence-corrected chi connectivity index (χ2v) is 8.04. The molecule has 2 fully saturated rings. The Morgan fingerprint density at radius 3 is 2.80 bits per heavy atom. The number of hydrogen-bond donors (Lipinski definition) is 0. The zero-order valence-corrected chi connectivity index (χ0v) is 14.9. The van der Waals surface area contributed by atoms with Crippen LogP contribution in [0.15, 0.2) is 38.6 Å². The Balaban J connectivity index is 1.47. The van der Waals surface area contributed by atoms with Crippen molar-refractivity contribution >= 4 is 22.7 Å². The molecule has 0 atom stereocenters. The summed E-state index contributed by atoms with van der Waals surface area (Å²) in [4.78, 5) is 11.9. The molecule has 0 saturated heterocycles. The molecule has 2 saturated carbocycles. The van der Waals surface area contributed by atoms with Crippen LogP contribution in [0, 0.1) is 6.92 Å². The number of benzene rings is 1. The van der Waals surface area contributed by atoms with Gasteiger partial charge in [-0.2, -0.15) is 0 Å². The van der Waals surface area contributed by atoms with Crippen LogP contribution in [0.1, 0.15) is 54.6 Å². The third kappa shape index (κ3) is 2.88. The first-order valence-electron chi connectivity index (χ1n) is 8.80. The first-order chi connectivity index (χ1) is 12.2. The van der Waals surface area contributed by atoms with Gasteiger partial charge in [0.2, 0.25) is 0 Å². The van der Waals surface area contributed by atoms with Crippen LogP contribution in [-0.2, 0) is 5.75 Å². The molecule has 0 aliphatic heterocycles. The van der Waals surface area contributed by atoms with Crippen LogP contribution in [0.3, 0.4) is 0 Å². The predicted octanol–water partition coefficient (Wildman–Crippen LogP) is 4.20. The third-order valence-electron chi connectivity index (χ3n) is 4.89. The molecule has 0 bridgehead atoms. The number of nitrogens with zero attached hydrogens (tertiary/aromatic N) is 3. The molecule has 128 valence electrons. The fourth-order valence-corrected chi connectivity index (χ4v) is 4.29. The van der Waals surface area contributed by atoms with Crippen LogP contribution in [0.5, 0.6) is 0 Å². The van der Waals surface area contributed by atoms with Crippen molar-refractivity contribution < 1.29 is 4.42 Å². The molecule has 0 unspecified atom stereocenters. The van der Waals surface area contributed by atoms with Gasteiger partial charge in [-0.25, -0.2) is 4.79 Å². The minimum absolute atomic E-state index is 0.295. The summed E-state index contributed by atoms with van der Waals surface area (Å²) in [5, 5.41) is 10.9. The lowest BCUT2D eigenvalue weighted by atomic mass is 10.1. The molecule has 0 amide bonds. The molecule has 2 aromatic heterocycles. The lowest BCUT2D eigenvalue weighted by Crippen LogP contribution is -2.03. The Morgan fingerprint density at radius 1 is 1.20 bits per heavy atom. The molecule has 6 heteroatoms. The van der Waals surface area contributed by atoms with Gasteiger partial charge in [0, 0.05) is 29.2 Å². The number of fused-ring (bicyclic) bond motifs is 1. The van der Waals surface area contributed by atoms with Crippen LogP contribution >= 0.6 is 11.8 Å². The van der Waals surface area contributed by atoms with Crippen molar-refractivity contribution in [2.45, 2.75) is 55.5 Å². The van der Waals surface area contributed by atoms with E-state index in [9.17, 15) is 4.79 Å². The van der Waals surface area contributed by atoms with Crippen LogP contribution in [-0.4, -0.2) is 14.8 Å². The van der Waals surface area contributed by atoms with E-state index in [1.807, 2.05) is 25.1 Å². The Labute approximate surface area is 149 Å². The topological polar surface area (TPSA) is 60.9 Å². The minimum Gasteiger partial charge on any atom is -0.423 e. The van der Waals surface area contributed by atoms with Crippen molar-refractivity contribution in [1.29, 1.82) is 0 Å². The number of thioether (sulfide) groups is 1. The van der Waals surface area contributed by atoms with E-state index >= 15 is 0 Å². The van der Waals surface area contributed by atoms with Crippen molar-refractivity contribution in [3.63, 3.8) is 0 Å². The van der Waals surface area contributed by atoms with Gasteiger partial charge in [-0.1, -0.05) is 23.9 Å². The highest BCUT2D eigenvalue weighted by Gasteiger charge is 2.36. The Bertz CT molecular complexity index is 1020. The van der Waals surface area contributed by atoms with Gasteiger partial charge in [0.25, 0.3) is 0 Å². The maximum absolute atomic E-state index is 11.9. The molecule has 0 spiro atoms. The van der Waals surface area contributed by atoms with Crippen molar-refractivity contribution in [3.05, 3.63) is 51.6 Å². The van der Waals surface area contributed by atoms with Gasteiger partial charge >= 0.3 is 5.63 Å². The molecule has 2 aliphatic rings. The van der Waals surface area contributed by atoms with E-state index in [1.54, 1.807) is 17.8 Å². The molecule has 0 N–H and O–H groups in total. The van der Waals surface area contributed by atoms with E-state index in [1.165, 1.54) is 25.7 Å². The largest absolute Gasteiger partial charge is 0.423 e. The summed E-state index contributed by atoms with van der Waals surface area (Å²) in [5.74, 6) is 2.47. The zero-order valence-electron chi connectivity index (χ0n) is 14.1. The fourth-order valence-electron chi connectivity index (χ4n) is 3.28. The molecule has 2 aliphatic carbocycles. The molecule has 25 heavy (non-hydrogen) atoms. The quantitative estimate of drug-likeness (QED) is 0.508. The summed E-state index contributed by atoms with van der Waals surface area (Å²) >= 11 is 1.67. The molecule has 5 rings (SSSR count). The highest BCUT2D eigenvalue weighted by atomic mass is 32.2. The lowest BCUT2D eigenvalue weighted by Gasteiger charge is -2.09. The molecule has 5 nitrogen and oxygen atoms in total. The van der Waals surface area contributed by atoms with E-state index < -0.39 is 0 Å². The maximum atomic E-state index is 11.9. The Hall–Kier alpha value is -2.08. The van der Waals surface area contributed by atoms with Crippen LogP contribution in [0.2, 0.25) is 0 Å². The summed E-state index contributed by atoms with van der Waals surface area (Å²) in [6.45, 7) is 2.00. The molecule has 2 heterocycles. The van der Waals surface area contributed by atoms with Crippen molar-refractivity contribution in [2.24, 2.45) is 0 Å². The number of hydrogen-bond acceptors (Lipinski definition) is 5. The fraction of sp³-hybridized carbons (Fsp3) is 0.421. The number of aromatic nitrogens is 3. The minimum atomic E-state index is -0.295. The summed E-state index contributed by atoms with van der Waals surface area (Å²) in [6, 6.07) is 8.18. The zero-order chi connectivity index (χ0) is 17.0. The molecule has 1 aromatic carbocycles. The van der Waals surface area contributed by atoms with Gasteiger partial charge in [-0.05, 0) is 49.8 Å². The van der Waals surface area contributed by atoms with E-state index in [-0.39, 0.29) is 5.63 Å². The maximum Gasteiger partial charge on any atom is 0.336 e. The van der Waals surface area contributed by atoms with Gasteiger partial charge in [0.05, 0.1) is 0 Å². The van der Waals surface area contributed by atoms with Gasteiger partial charge in [-0.15, -0.1) is 10.2 Å². The summed E-state index contributed by atoms with van der Waals surface area (Å²) in [5.41, 5.74) is 2.44. The standard InChI is InChI=1S/C19H19N3O2S/c1-11-2-7-15-13(9-17(23)24-16(15)8-11)10-25-19-21-20-18(12-3-4-12)22(19)14-5-6-14/h2,7-9,12,14H,3-6,10H2,1H3. The van der Waals surface area contributed by atoms with E-state index in [4.69, 9.17) is 4.42 Å². The van der Waals surface area contributed by atoms with Crippen molar-refractivity contribution in [3.8, 4) is 0 Å². The average molecular weight is 353 g/mol. The second-order valence-electron chi connectivity index (χ2n) is 7.10. The normalized spacial score (nSPS) is 17.3. The number of rotatable bonds is 5. The second kappa shape index (κ2) is 5.73. The molecule has 0 radical (unpaired) electrons. The third-order valence-corrected chi connectivity index (χ3v) is 5.88. The van der Waals surface area contributed by atoms with Crippen LogP contribution in [0.25, 0.3) is 11.0 Å². The first kappa shape index (κ1) is 15.2. The van der Waals surface area contributed by atoms with E-state index in [0.29, 0.717) is 23.3 Å². The Kier molecular flexibility index (Phi) is 3.48. The molecular weight excluding hydrogens is 334 g/mol. The highest BCUT2D eigenvalue weighted by Crippen LogP contribution is 2.46. The van der Waals surface area contributed by atoms with Gasteiger partial charge in [0.1, 0.15) is 11.4 Å². The smallest absolute Gasteiger partial charge is 0.336 e. The first-order valence-corrected chi connectivity index (χ1v) is 9.78. The highest BCUT2D eigenvalue weighted by molar-refractivity contribution is 7.98. The van der Waals surface area contributed by atoms with Gasteiger partial charge in [0.15, 0.2) is 5.16 Å². The summed E-state index contributed by atoms with van der Waals surface area (Å²) in [6.07, 6.45) is 4.92. The average Bonchev–Trinajstić information content (AvgIpc) is 3.50. The van der Waals surface area contributed by atoms with Crippen molar-refractivity contribution in [2.75, 3.05) is 0 Å². The monoisotopic (exact) mass is 353 g/mol. The molecular formula is C19H19N3O2S. The molecule has 3 aromatic rings. The van der Waals surface area contributed by atoms with E-state index in [2.05, 4.69) is 14.8 Å².